The average Bonchev–Trinajstić information content (AvgIpc) is 3.21. The van der Waals surface area contributed by atoms with Crippen LogP contribution in [-0.2, 0) is 6.42 Å². The molecule has 1 unspecified atom stereocenters. The van der Waals surface area contributed by atoms with Crippen LogP contribution in [0.4, 0.5) is 5.69 Å². The number of benzene rings is 1. The van der Waals surface area contributed by atoms with Crippen molar-refractivity contribution in [3.05, 3.63) is 70.3 Å². The van der Waals surface area contributed by atoms with Crippen molar-refractivity contribution in [2.45, 2.75) is 26.3 Å². The highest BCUT2D eigenvalue weighted by Crippen LogP contribution is 2.44. The number of anilines is 1. The van der Waals surface area contributed by atoms with E-state index in [4.69, 9.17) is 16.3 Å². The van der Waals surface area contributed by atoms with Gasteiger partial charge in [0.2, 0.25) is 0 Å². The van der Waals surface area contributed by atoms with Gasteiger partial charge in [-0.25, -0.2) is 0 Å². The number of methoxy groups -OCH3 is 1. The highest BCUT2D eigenvalue weighted by molar-refractivity contribution is 6.31. The molecule has 3 aromatic rings. The van der Waals surface area contributed by atoms with Crippen LogP contribution in [0.1, 0.15) is 47.3 Å². The largest absolute Gasteiger partial charge is 0.497 e. The second-order valence-corrected chi connectivity index (χ2v) is 7.62. The Morgan fingerprint density at radius 3 is 2.64 bits per heavy atom. The minimum Gasteiger partial charge on any atom is -0.497 e. The molecule has 4 rings (SSSR count). The Bertz CT molecular complexity index is 1010. The van der Waals surface area contributed by atoms with Crippen molar-refractivity contribution >= 4 is 23.2 Å². The fourth-order valence-corrected chi connectivity index (χ4v) is 3.86. The molecule has 1 aromatic carbocycles. The lowest BCUT2D eigenvalue weighted by atomic mass is 9.98. The second kappa shape index (κ2) is 7.28. The van der Waals surface area contributed by atoms with Crippen LogP contribution in [-0.4, -0.2) is 28.2 Å². The van der Waals surface area contributed by atoms with Gasteiger partial charge in [0.1, 0.15) is 11.8 Å². The Labute approximate surface area is 168 Å². The van der Waals surface area contributed by atoms with Gasteiger partial charge in [-0.05, 0) is 48.7 Å². The number of aromatic amines is 1. The number of rotatable bonds is 5. The maximum Gasteiger partial charge on any atom is 0.280 e. The van der Waals surface area contributed by atoms with Gasteiger partial charge < -0.3 is 4.74 Å². The first-order chi connectivity index (χ1) is 13.5. The number of aromatic nitrogens is 3. The van der Waals surface area contributed by atoms with E-state index < -0.39 is 6.04 Å². The van der Waals surface area contributed by atoms with E-state index in [1.54, 1.807) is 30.3 Å². The molecular formula is C21H21ClN4O2. The Hall–Kier alpha value is -2.86. The number of halogens is 1. The Balaban J connectivity index is 1.88. The zero-order chi connectivity index (χ0) is 19.8. The molecule has 0 spiro atoms. The molecular weight excluding hydrogens is 376 g/mol. The molecule has 3 heterocycles. The molecule has 1 aliphatic rings. The number of nitrogens with zero attached hydrogens (tertiary/aromatic N) is 3. The van der Waals surface area contributed by atoms with E-state index in [-0.39, 0.29) is 5.91 Å². The number of H-pyrrole nitrogens is 1. The lowest BCUT2D eigenvalue weighted by molar-refractivity contribution is 0.0988. The molecule has 2 aromatic heterocycles. The van der Waals surface area contributed by atoms with E-state index >= 15 is 0 Å². The fourth-order valence-electron chi connectivity index (χ4n) is 3.64. The highest BCUT2D eigenvalue weighted by Gasteiger charge is 2.44. The number of carbonyl (C=O) groups excluding carboxylic acids is 1. The summed E-state index contributed by atoms with van der Waals surface area (Å²) in [5.74, 6) is 0.967. The molecule has 6 nitrogen and oxygen atoms in total. The van der Waals surface area contributed by atoms with Gasteiger partial charge >= 0.3 is 0 Å². The van der Waals surface area contributed by atoms with Gasteiger partial charge in [0.05, 0.1) is 17.8 Å². The van der Waals surface area contributed by atoms with Gasteiger partial charge in [-0.3, -0.25) is 19.8 Å². The zero-order valence-electron chi connectivity index (χ0n) is 15.9. The summed E-state index contributed by atoms with van der Waals surface area (Å²) >= 11 is 6.49. The van der Waals surface area contributed by atoms with Crippen LogP contribution in [0, 0.1) is 5.92 Å². The van der Waals surface area contributed by atoms with Crippen molar-refractivity contribution in [3.8, 4) is 5.75 Å². The second-order valence-electron chi connectivity index (χ2n) is 7.21. The maximum absolute atomic E-state index is 13.3. The standard InChI is InChI=1S/C21H21ClN4O2/c1-12(2)11-16-17-19(25-24-16)21(27)26(13-6-8-14(28-3)9-7-13)20(17)18-15(22)5-4-10-23-18/h4-10,12,20H,11H2,1-3H3,(H,24,25). The third-order valence-corrected chi connectivity index (χ3v) is 5.16. The van der Waals surface area contributed by atoms with Crippen LogP contribution in [0.3, 0.4) is 0 Å². The molecule has 0 aliphatic carbocycles. The molecule has 0 bridgehead atoms. The van der Waals surface area contributed by atoms with Crippen molar-refractivity contribution in [1.82, 2.24) is 15.2 Å². The Morgan fingerprint density at radius 2 is 2.00 bits per heavy atom. The summed E-state index contributed by atoms with van der Waals surface area (Å²) in [6.07, 6.45) is 2.48. The molecule has 0 fully saturated rings. The number of carbonyl (C=O) groups is 1. The molecule has 0 radical (unpaired) electrons. The maximum atomic E-state index is 13.3. The summed E-state index contributed by atoms with van der Waals surface area (Å²) in [5, 5.41) is 7.91. The van der Waals surface area contributed by atoms with Crippen molar-refractivity contribution in [3.63, 3.8) is 0 Å². The fraction of sp³-hybridized carbons (Fsp3) is 0.286. The summed E-state index contributed by atoms with van der Waals surface area (Å²) in [4.78, 5) is 19.5. The Morgan fingerprint density at radius 1 is 1.25 bits per heavy atom. The van der Waals surface area contributed by atoms with Crippen molar-refractivity contribution < 1.29 is 9.53 Å². The summed E-state index contributed by atoms with van der Waals surface area (Å²) < 4.78 is 5.24. The quantitative estimate of drug-likeness (QED) is 0.693. The molecule has 1 amide bonds. The molecule has 7 heteroatoms. The van der Waals surface area contributed by atoms with Crippen LogP contribution >= 0.6 is 11.6 Å². The number of pyridine rings is 1. The SMILES string of the molecule is COc1ccc(N2C(=O)c3n[nH]c(CC(C)C)c3C2c2ncccc2Cl)cc1. The first-order valence-corrected chi connectivity index (χ1v) is 9.54. The smallest absolute Gasteiger partial charge is 0.280 e. The van der Waals surface area contributed by atoms with Gasteiger partial charge in [0, 0.05) is 23.1 Å². The molecule has 144 valence electrons. The predicted octanol–water partition coefficient (Wildman–Crippen LogP) is 4.42. The summed E-state index contributed by atoms with van der Waals surface area (Å²) in [6.45, 7) is 4.27. The minimum atomic E-state index is -0.433. The van der Waals surface area contributed by atoms with Gasteiger partial charge in [0.25, 0.3) is 5.91 Å². The summed E-state index contributed by atoms with van der Waals surface area (Å²) in [6, 6.07) is 10.5. The first-order valence-electron chi connectivity index (χ1n) is 9.16. The number of hydrogen-bond donors (Lipinski definition) is 1. The summed E-state index contributed by atoms with van der Waals surface area (Å²) in [7, 11) is 1.61. The monoisotopic (exact) mass is 396 g/mol. The van der Waals surface area contributed by atoms with Gasteiger partial charge in [-0.2, -0.15) is 5.10 Å². The van der Waals surface area contributed by atoms with E-state index in [0.717, 1.165) is 29.1 Å². The number of fused-ring (bicyclic) bond motifs is 1. The van der Waals surface area contributed by atoms with E-state index in [9.17, 15) is 4.79 Å². The van der Waals surface area contributed by atoms with Gasteiger partial charge in [-0.15, -0.1) is 0 Å². The predicted molar refractivity (Wildman–Crippen MR) is 108 cm³/mol. The molecule has 0 saturated carbocycles. The van der Waals surface area contributed by atoms with E-state index in [1.165, 1.54) is 0 Å². The first kappa shape index (κ1) is 18.5. The zero-order valence-corrected chi connectivity index (χ0v) is 16.7. The van der Waals surface area contributed by atoms with Crippen molar-refractivity contribution in [2.24, 2.45) is 5.92 Å². The van der Waals surface area contributed by atoms with Crippen LogP contribution in [0.25, 0.3) is 0 Å². The van der Waals surface area contributed by atoms with Crippen LogP contribution < -0.4 is 9.64 Å². The molecule has 1 N–H and O–H groups in total. The molecule has 0 saturated heterocycles. The van der Waals surface area contributed by atoms with E-state index in [0.29, 0.717) is 22.3 Å². The average molecular weight is 397 g/mol. The Kier molecular flexibility index (Phi) is 4.81. The highest BCUT2D eigenvalue weighted by atomic mass is 35.5. The molecule has 28 heavy (non-hydrogen) atoms. The number of ether oxygens (including phenoxy) is 1. The lowest BCUT2D eigenvalue weighted by Crippen LogP contribution is -2.30. The summed E-state index contributed by atoms with van der Waals surface area (Å²) in [5.41, 5.74) is 3.61. The normalized spacial score (nSPS) is 16.0. The molecule has 1 atom stereocenters. The number of nitrogens with one attached hydrogen (secondary N) is 1. The topological polar surface area (TPSA) is 71.1 Å². The third-order valence-electron chi connectivity index (χ3n) is 4.84. The van der Waals surface area contributed by atoms with Crippen LogP contribution in [0.5, 0.6) is 5.75 Å². The van der Waals surface area contributed by atoms with Crippen molar-refractivity contribution in [1.29, 1.82) is 0 Å². The minimum absolute atomic E-state index is 0.168. The van der Waals surface area contributed by atoms with Crippen LogP contribution in [0.2, 0.25) is 5.02 Å². The van der Waals surface area contributed by atoms with E-state index in [2.05, 4.69) is 29.0 Å². The third kappa shape index (κ3) is 3.03. The van der Waals surface area contributed by atoms with Gasteiger partial charge in [-0.1, -0.05) is 25.4 Å². The lowest BCUT2D eigenvalue weighted by Gasteiger charge is -2.26. The van der Waals surface area contributed by atoms with Crippen LogP contribution in [0.15, 0.2) is 42.6 Å². The van der Waals surface area contributed by atoms with Gasteiger partial charge in [0.15, 0.2) is 5.69 Å². The van der Waals surface area contributed by atoms with Crippen molar-refractivity contribution in [2.75, 3.05) is 12.0 Å². The molecule has 1 aliphatic heterocycles. The number of hydrogen-bond acceptors (Lipinski definition) is 4. The van der Waals surface area contributed by atoms with E-state index in [1.807, 2.05) is 24.3 Å². The number of amides is 1.